The molecule has 0 aliphatic rings. The first-order valence-corrected chi connectivity index (χ1v) is 5.39. The van der Waals surface area contributed by atoms with Crippen molar-refractivity contribution in [2.75, 3.05) is 18.8 Å². The van der Waals surface area contributed by atoms with Crippen molar-refractivity contribution in [2.45, 2.75) is 20.1 Å². The zero-order valence-corrected chi connectivity index (χ0v) is 8.08. The van der Waals surface area contributed by atoms with Crippen LogP contribution in [-0.2, 0) is 10.1 Å². The van der Waals surface area contributed by atoms with Crippen molar-refractivity contribution in [2.24, 2.45) is 0 Å². The van der Waals surface area contributed by atoms with Gasteiger partial charge in [-0.05, 0) is 13.1 Å². The first-order valence-electron chi connectivity index (χ1n) is 3.78. The monoisotopic (exact) mass is 221 g/mol. The van der Waals surface area contributed by atoms with Crippen LogP contribution >= 0.6 is 0 Å². The zero-order valence-electron chi connectivity index (χ0n) is 7.27. The number of aliphatic hydroxyl groups excluding tert-OH is 1. The first-order chi connectivity index (χ1) is 5.40. The molecular weight excluding hydrogens is 205 g/mol. The second-order valence-electron chi connectivity index (χ2n) is 2.45. The van der Waals surface area contributed by atoms with E-state index in [2.05, 4.69) is 0 Å². The molecule has 0 heterocycles. The Kier molecular flexibility index (Phi) is 8.97. The van der Waals surface area contributed by atoms with Crippen molar-refractivity contribution in [3.8, 4) is 0 Å². The molecule has 2 N–H and O–H groups in total. The maximum atomic E-state index is 10.3. The van der Waals surface area contributed by atoms with E-state index in [0.29, 0.717) is 13.1 Å². The summed E-state index contributed by atoms with van der Waals surface area (Å²) >= 11 is 0. The second kappa shape index (κ2) is 7.17. The van der Waals surface area contributed by atoms with Crippen LogP contribution in [0, 0.1) is 0 Å². The summed E-state index contributed by atoms with van der Waals surface area (Å²) in [6, 6.07) is 0. The van der Waals surface area contributed by atoms with E-state index in [1.807, 2.05) is 0 Å². The quantitative estimate of drug-likeness (QED) is 0.349. The molecule has 0 rings (SSSR count). The molecule has 76 valence electrons. The van der Waals surface area contributed by atoms with E-state index < -0.39 is 22.1 Å². The van der Waals surface area contributed by atoms with Gasteiger partial charge in [0.15, 0.2) is 0 Å². The molecule has 0 bridgehead atoms. The Labute approximate surface area is 101 Å². The molecule has 0 aromatic rings. The van der Waals surface area contributed by atoms with Crippen LogP contribution in [-0.4, -0.2) is 77.6 Å². The van der Waals surface area contributed by atoms with Gasteiger partial charge in [0.1, 0.15) is 12.0 Å². The fourth-order valence-electron chi connectivity index (χ4n) is 0.939. The third kappa shape index (κ3) is 7.87. The molecule has 0 spiro atoms. The number of aliphatic hydroxyl groups is 1. The van der Waals surface area contributed by atoms with Crippen molar-refractivity contribution in [1.29, 1.82) is 0 Å². The van der Waals surface area contributed by atoms with Crippen molar-refractivity contribution in [3.05, 3.63) is 0 Å². The van der Waals surface area contributed by atoms with E-state index in [0.717, 1.165) is 0 Å². The van der Waals surface area contributed by atoms with Crippen molar-refractivity contribution < 1.29 is 18.1 Å². The second-order valence-corrected chi connectivity index (χ2v) is 3.95. The molecule has 13 heavy (non-hydrogen) atoms. The molecule has 0 aromatic carbocycles. The van der Waals surface area contributed by atoms with Gasteiger partial charge in [0.2, 0.25) is 0 Å². The van der Waals surface area contributed by atoms with Crippen LogP contribution in [0.2, 0.25) is 0 Å². The minimum absolute atomic E-state index is 0. The average Bonchev–Trinajstić information content (AvgIpc) is 1.85. The van der Waals surface area contributed by atoms with Crippen LogP contribution in [0.5, 0.6) is 0 Å². The first kappa shape index (κ1) is 16.3. The molecule has 0 saturated carbocycles. The molecule has 7 heteroatoms. The Morgan fingerprint density at radius 2 is 1.69 bits per heavy atom. The minimum atomic E-state index is -4.08. The van der Waals surface area contributed by atoms with Crippen LogP contribution in [0.15, 0.2) is 0 Å². The fraction of sp³-hybridized carbons (Fsp3) is 1.00. The van der Waals surface area contributed by atoms with Crippen molar-refractivity contribution >= 4 is 39.7 Å². The van der Waals surface area contributed by atoms with Gasteiger partial charge >= 0.3 is 29.6 Å². The number of hydrogen-bond acceptors (Lipinski definition) is 4. The van der Waals surface area contributed by atoms with Gasteiger partial charge in [-0.2, -0.15) is 8.42 Å². The van der Waals surface area contributed by atoms with Crippen LogP contribution < -0.4 is 0 Å². The van der Waals surface area contributed by atoms with Gasteiger partial charge in [-0.15, -0.1) is 0 Å². The molecule has 1 unspecified atom stereocenters. The van der Waals surface area contributed by atoms with E-state index in [4.69, 9.17) is 4.55 Å². The van der Waals surface area contributed by atoms with Crippen molar-refractivity contribution in [1.82, 2.24) is 4.90 Å². The van der Waals surface area contributed by atoms with Gasteiger partial charge in [-0.1, -0.05) is 13.8 Å². The topological polar surface area (TPSA) is 77.8 Å². The zero-order chi connectivity index (χ0) is 9.78. The predicted octanol–water partition coefficient (Wildman–Crippen LogP) is -1.11. The number of nitrogens with zero attached hydrogens (tertiary/aromatic N) is 1. The Morgan fingerprint density at radius 1 is 1.31 bits per heavy atom. The third-order valence-electron chi connectivity index (χ3n) is 1.59. The Bertz CT molecular complexity index is 215. The van der Waals surface area contributed by atoms with Gasteiger partial charge in [-0.3, -0.25) is 9.45 Å². The summed E-state index contributed by atoms with van der Waals surface area (Å²) in [5.74, 6) is -0.630. The molecule has 5 nitrogen and oxygen atoms in total. The molecule has 0 fully saturated rings. The summed E-state index contributed by atoms with van der Waals surface area (Å²) < 4.78 is 29.1. The molecule has 0 aromatic heterocycles. The molecule has 0 amide bonds. The maximum absolute atomic E-state index is 10.3. The van der Waals surface area contributed by atoms with Crippen molar-refractivity contribution in [3.63, 3.8) is 0 Å². The Balaban J connectivity index is 0. The summed E-state index contributed by atoms with van der Waals surface area (Å²) in [6.45, 7) is 4.70. The van der Waals surface area contributed by atoms with Crippen LogP contribution in [0.1, 0.15) is 13.8 Å². The SMILES string of the molecule is CCN(CC)C(O)CS(=O)(=O)O.[NaH]. The summed E-state index contributed by atoms with van der Waals surface area (Å²) in [5, 5.41) is 9.23. The summed E-state index contributed by atoms with van der Waals surface area (Å²) in [7, 11) is -4.08. The van der Waals surface area contributed by atoms with Gasteiger partial charge in [0.05, 0.1) is 0 Å². The van der Waals surface area contributed by atoms with Crippen LogP contribution in [0.4, 0.5) is 0 Å². The Morgan fingerprint density at radius 3 is 1.92 bits per heavy atom. The molecule has 1 atom stereocenters. The summed E-state index contributed by atoms with van der Waals surface area (Å²) in [4.78, 5) is 1.54. The predicted molar refractivity (Wildman–Crippen MR) is 52.5 cm³/mol. The number of hydrogen-bond donors (Lipinski definition) is 2. The molecule has 0 saturated heterocycles. The molecular formula is C6H16NNaO4S. The van der Waals surface area contributed by atoms with Gasteiger partial charge in [-0.25, -0.2) is 0 Å². The van der Waals surface area contributed by atoms with Gasteiger partial charge < -0.3 is 5.11 Å². The Hall–Kier alpha value is 0.830. The van der Waals surface area contributed by atoms with E-state index >= 15 is 0 Å². The normalized spacial score (nSPS) is 13.9. The molecule has 0 aliphatic heterocycles. The van der Waals surface area contributed by atoms with Gasteiger partial charge in [0.25, 0.3) is 10.1 Å². The third-order valence-corrected chi connectivity index (χ3v) is 2.31. The van der Waals surface area contributed by atoms with E-state index in [-0.39, 0.29) is 29.6 Å². The fourth-order valence-corrected chi connectivity index (χ4v) is 1.53. The van der Waals surface area contributed by atoms with Crippen LogP contribution in [0.3, 0.4) is 0 Å². The summed E-state index contributed by atoms with van der Waals surface area (Å²) in [5.41, 5.74) is 0. The number of rotatable bonds is 5. The summed E-state index contributed by atoms with van der Waals surface area (Å²) in [6.07, 6.45) is -1.12. The molecule has 0 aliphatic carbocycles. The van der Waals surface area contributed by atoms with Gasteiger partial charge in [0, 0.05) is 0 Å². The van der Waals surface area contributed by atoms with Crippen LogP contribution in [0.25, 0.3) is 0 Å². The molecule has 0 radical (unpaired) electrons. The van der Waals surface area contributed by atoms with E-state index in [1.165, 1.54) is 4.90 Å². The van der Waals surface area contributed by atoms with E-state index in [9.17, 15) is 13.5 Å². The van der Waals surface area contributed by atoms with E-state index in [1.54, 1.807) is 13.8 Å². The standard InChI is InChI=1S/C6H15NO4S.Na.H/c1-3-7(4-2)6(8)5-12(9,10)11;;/h6,8H,3-5H2,1-2H3,(H,9,10,11);;. The average molecular weight is 221 g/mol.